The Morgan fingerprint density at radius 3 is 2.74 bits per heavy atom. The number of fused-ring (bicyclic) bond motifs is 1. The van der Waals surface area contributed by atoms with E-state index in [1.54, 1.807) is 0 Å². The average Bonchev–Trinajstić information content (AvgIpc) is 2.75. The Morgan fingerprint density at radius 1 is 1.11 bits per heavy atom. The van der Waals surface area contributed by atoms with Crippen molar-refractivity contribution in [2.45, 2.75) is 18.9 Å². The zero-order chi connectivity index (χ0) is 13.4. The smallest absolute Gasteiger partial charge is 0.0520 e. The SMILES string of the molecule is Clc1ccc(NC2CCc3cc(Br)ccc32)c(Br)c1. The maximum Gasteiger partial charge on any atom is 0.0520 e. The molecule has 98 valence electrons. The molecule has 1 nitrogen and oxygen atoms in total. The summed E-state index contributed by atoms with van der Waals surface area (Å²) in [6, 6.07) is 12.7. The van der Waals surface area contributed by atoms with Crippen LogP contribution in [0.4, 0.5) is 5.69 Å². The molecule has 0 bridgehead atoms. The Hall–Kier alpha value is -0.510. The summed E-state index contributed by atoms with van der Waals surface area (Å²) in [7, 11) is 0. The predicted octanol–water partition coefficient (Wildman–Crippen LogP) is 5.96. The molecule has 0 fully saturated rings. The van der Waals surface area contributed by atoms with Gasteiger partial charge in [0.25, 0.3) is 0 Å². The van der Waals surface area contributed by atoms with Gasteiger partial charge in [-0.15, -0.1) is 0 Å². The van der Waals surface area contributed by atoms with Crippen LogP contribution in [0.3, 0.4) is 0 Å². The van der Waals surface area contributed by atoms with Crippen molar-refractivity contribution in [2.24, 2.45) is 0 Å². The van der Waals surface area contributed by atoms with Crippen molar-refractivity contribution in [2.75, 3.05) is 5.32 Å². The minimum atomic E-state index is 0.376. The molecule has 1 aliphatic carbocycles. The Balaban J connectivity index is 1.86. The van der Waals surface area contributed by atoms with Gasteiger partial charge in [-0.2, -0.15) is 0 Å². The number of halogens is 3. The number of nitrogens with one attached hydrogen (secondary N) is 1. The minimum absolute atomic E-state index is 0.376. The van der Waals surface area contributed by atoms with Crippen LogP contribution in [-0.4, -0.2) is 0 Å². The molecule has 0 aliphatic heterocycles. The van der Waals surface area contributed by atoms with E-state index in [9.17, 15) is 0 Å². The van der Waals surface area contributed by atoms with Crippen LogP contribution in [0, 0.1) is 0 Å². The summed E-state index contributed by atoms with van der Waals surface area (Å²) in [4.78, 5) is 0. The summed E-state index contributed by atoms with van der Waals surface area (Å²) in [5.74, 6) is 0. The molecule has 0 saturated carbocycles. The maximum atomic E-state index is 5.97. The van der Waals surface area contributed by atoms with Crippen LogP contribution in [-0.2, 0) is 6.42 Å². The summed E-state index contributed by atoms with van der Waals surface area (Å²) in [6.07, 6.45) is 2.25. The van der Waals surface area contributed by atoms with Gasteiger partial charge in [-0.3, -0.25) is 0 Å². The van der Waals surface area contributed by atoms with Crippen LogP contribution in [0.25, 0.3) is 0 Å². The van der Waals surface area contributed by atoms with Crippen LogP contribution < -0.4 is 5.32 Å². The average molecular weight is 402 g/mol. The van der Waals surface area contributed by atoms with Crippen molar-refractivity contribution in [3.63, 3.8) is 0 Å². The third kappa shape index (κ3) is 2.83. The van der Waals surface area contributed by atoms with Crippen molar-refractivity contribution < 1.29 is 0 Å². The predicted molar refractivity (Wildman–Crippen MR) is 88.0 cm³/mol. The van der Waals surface area contributed by atoms with E-state index < -0.39 is 0 Å². The first kappa shape index (κ1) is 13.5. The Morgan fingerprint density at radius 2 is 1.95 bits per heavy atom. The molecule has 0 heterocycles. The standard InChI is InChI=1S/C15H12Br2ClN/c16-10-2-4-12-9(7-10)1-5-14(12)19-15-6-3-11(18)8-13(15)17/h2-4,6-8,14,19H,1,5H2. The van der Waals surface area contributed by atoms with Crippen LogP contribution in [0.5, 0.6) is 0 Å². The highest BCUT2D eigenvalue weighted by atomic mass is 79.9. The van der Waals surface area contributed by atoms with E-state index in [4.69, 9.17) is 11.6 Å². The second kappa shape index (κ2) is 5.47. The summed E-state index contributed by atoms with van der Waals surface area (Å²) in [5, 5.41) is 4.33. The number of hydrogen-bond acceptors (Lipinski definition) is 1. The zero-order valence-electron chi connectivity index (χ0n) is 10.1. The van der Waals surface area contributed by atoms with E-state index in [-0.39, 0.29) is 0 Å². The van der Waals surface area contributed by atoms with E-state index >= 15 is 0 Å². The lowest BCUT2D eigenvalue weighted by molar-refractivity contribution is 0.761. The molecular formula is C15H12Br2ClN. The summed E-state index contributed by atoms with van der Waals surface area (Å²) >= 11 is 13.0. The lowest BCUT2D eigenvalue weighted by Crippen LogP contribution is -2.07. The first-order chi connectivity index (χ1) is 9.13. The molecule has 3 rings (SSSR count). The summed E-state index contributed by atoms with van der Waals surface area (Å²) in [5.41, 5.74) is 3.91. The second-order valence-electron chi connectivity index (χ2n) is 4.70. The highest BCUT2D eigenvalue weighted by Gasteiger charge is 2.22. The van der Waals surface area contributed by atoms with E-state index in [0.717, 1.165) is 32.5 Å². The Labute approximate surface area is 134 Å². The topological polar surface area (TPSA) is 12.0 Å². The van der Waals surface area contributed by atoms with Crippen LogP contribution in [0.2, 0.25) is 5.02 Å². The van der Waals surface area contributed by atoms with E-state index in [2.05, 4.69) is 55.4 Å². The number of rotatable bonds is 2. The number of aryl methyl sites for hydroxylation is 1. The molecular weight excluding hydrogens is 389 g/mol. The van der Waals surface area contributed by atoms with Gasteiger partial charge in [0.05, 0.1) is 6.04 Å². The summed E-state index contributed by atoms with van der Waals surface area (Å²) < 4.78 is 2.16. The van der Waals surface area contributed by atoms with Gasteiger partial charge in [-0.05, 0) is 70.2 Å². The van der Waals surface area contributed by atoms with Gasteiger partial charge in [-0.25, -0.2) is 0 Å². The Kier molecular flexibility index (Phi) is 3.88. The van der Waals surface area contributed by atoms with E-state index in [1.165, 1.54) is 11.1 Å². The van der Waals surface area contributed by atoms with Gasteiger partial charge in [0.15, 0.2) is 0 Å². The maximum absolute atomic E-state index is 5.97. The van der Waals surface area contributed by atoms with Crippen LogP contribution >= 0.6 is 43.5 Å². The van der Waals surface area contributed by atoms with Gasteiger partial charge in [0.2, 0.25) is 0 Å². The van der Waals surface area contributed by atoms with Crippen molar-refractivity contribution in [1.29, 1.82) is 0 Å². The molecule has 2 aromatic carbocycles. The molecule has 1 unspecified atom stereocenters. The molecule has 2 aromatic rings. The third-order valence-electron chi connectivity index (χ3n) is 3.44. The van der Waals surface area contributed by atoms with Gasteiger partial charge >= 0.3 is 0 Å². The second-order valence-corrected chi connectivity index (χ2v) is 6.91. The molecule has 1 atom stereocenters. The summed E-state index contributed by atoms with van der Waals surface area (Å²) in [6.45, 7) is 0. The first-order valence-electron chi connectivity index (χ1n) is 6.13. The van der Waals surface area contributed by atoms with Crippen molar-refractivity contribution in [3.8, 4) is 0 Å². The fourth-order valence-corrected chi connectivity index (χ4v) is 3.74. The minimum Gasteiger partial charge on any atom is -0.377 e. The molecule has 0 amide bonds. The Bertz CT molecular complexity index is 628. The molecule has 0 saturated heterocycles. The number of anilines is 1. The van der Waals surface area contributed by atoms with E-state index in [1.807, 2.05) is 18.2 Å². The fourth-order valence-electron chi connectivity index (χ4n) is 2.53. The monoisotopic (exact) mass is 399 g/mol. The zero-order valence-corrected chi connectivity index (χ0v) is 14.0. The number of benzene rings is 2. The van der Waals surface area contributed by atoms with Gasteiger partial charge < -0.3 is 5.32 Å². The largest absolute Gasteiger partial charge is 0.377 e. The van der Waals surface area contributed by atoms with E-state index in [0.29, 0.717) is 6.04 Å². The van der Waals surface area contributed by atoms with Gasteiger partial charge in [-0.1, -0.05) is 33.6 Å². The molecule has 0 radical (unpaired) electrons. The number of hydrogen-bond donors (Lipinski definition) is 1. The first-order valence-corrected chi connectivity index (χ1v) is 8.10. The highest BCUT2D eigenvalue weighted by molar-refractivity contribution is 9.10. The lowest BCUT2D eigenvalue weighted by Gasteiger charge is -2.17. The molecule has 1 aliphatic rings. The normalized spacial score (nSPS) is 17.3. The van der Waals surface area contributed by atoms with Crippen LogP contribution in [0.1, 0.15) is 23.6 Å². The van der Waals surface area contributed by atoms with Crippen molar-refractivity contribution in [1.82, 2.24) is 0 Å². The molecule has 4 heteroatoms. The molecule has 0 aromatic heterocycles. The molecule has 19 heavy (non-hydrogen) atoms. The fraction of sp³-hybridized carbons (Fsp3) is 0.200. The molecule has 0 spiro atoms. The van der Waals surface area contributed by atoms with Gasteiger partial charge in [0.1, 0.15) is 0 Å². The van der Waals surface area contributed by atoms with Crippen molar-refractivity contribution in [3.05, 3.63) is 61.5 Å². The highest BCUT2D eigenvalue weighted by Crippen LogP contribution is 2.37. The van der Waals surface area contributed by atoms with Crippen molar-refractivity contribution >= 4 is 49.1 Å². The third-order valence-corrected chi connectivity index (χ3v) is 4.83. The van der Waals surface area contributed by atoms with Crippen LogP contribution in [0.15, 0.2) is 45.3 Å². The molecule has 1 N–H and O–H groups in total. The van der Waals surface area contributed by atoms with Gasteiger partial charge in [0, 0.05) is 19.7 Å². The lowest BCUT2D eigenvalue weighted by atomic mass is 10.1. The quantitative estimate of drug-likeness (QED) is 0.654.